The number of alkyl halides is 1. The molecule has 0 aliphatic heterocycles. The van der Waals surface area contributed by atoms with E-state index in [-0.39, 0.29) is 18.5 Å². The number of hydrogen-bond acceptors (Lipinski definition) is 2. The molecule has 0 bridgehead atoms. The van der Waals surface area contributed by atoms with Crippen LogP contribution in [0, 0.1) is 11.8 Å². The van der Waals surface area contributed by atoms with Gasteiger partial charge in [-0.05, 0) is 31.6 Å². The first kappa shape index (κ1) is 17.7. The Morgan fingerprint density at radius 2 is 2.00 bits per heavy atom. The first-order valence-corrected chi connectivity index (χ1v) is 7.91. The molecule has 0 spiro atoms. The Bertz CT molecular complexity index is 339. The van der Waals surface area contributed by atoms with E-state index in [9.17, 15) is 14.0 Å². The minimum atomic E-state index is -0.661. The molecule has 0 saturated heterocycles. The zero-order valence-corrected chi connectivity index (χ0v) is 13.1. The summed E-state index contributed by atoms with van der Waals surface area (Å²) in [5, 5.41) is 7.73. The van der Waals surface area contributed by atoms with Crippen molar-refractivity contribution < 1.29 is 14.0 Å². The van der Waals surface area contributed by atoms with Gasteiger partial charge in [-0.1, -0.05) is 26.2 Å². The number of amides is 3. The van der Waals surface area contributed by atoms with Crippen LogP contribution in [0.2, 0.25) is 0 Å². The fraction of sp³-hybridized carbons (Fsp3) is 0.867. The maximum Gasteiger partial charge on any atom is 0.315 e. The molecule has 0 radical (unpaired) electrons. The van der Waals surface area contributed by atoms with Gasteiger partial charge in [0, 0.05) is 13.1 Å². The van der Waals surface area contributed by atoms with E-state index in [0.29, 0.717) is 12.5 Å². The van der Waals surface area contributed by atoms with Crippen LogP contribution in [0.5, 0.6) is 0 Å². The highest BCUT2D eigenvalue weighted by Crippen LogP contribution is 2.30. The molecule has 0 aromatic rings. The van der Waals surface area contributed by atoms with E-state index in [0.717, 1.165) is 12.3 Å². The van der Waals surface area contributed by atoms with Crippen LogP contribution in [0.15, 0.2) is 0 Å². The smallest absolute Gasteiger partial charge is 0.315 e. The summed E-state index contributed by atoms with van der Waals surface area (Å²) in [6, 6.07) is -1.01. The summed E-state index contributed by atoms with van der Waals surface area (Å²) in [7, 11) is 0. The summed E-state index contributed by atoms with van der Waals surface area (Å²) in [5.74, 6) is 1.11. The Kier molecular flexibility index (Phi) is 8.08. The van der Waals surface area contributed by atoms with Crippen LogP contribution in [0.1, 0.15) is 46.0 Å². The summed E-state index contributed by atoms with van der Waals surface area (Å²) in [4.78, 5) is 23.1. The topological polar surface area (TPSA) is 70.2 Å². The van der Waals surface area contributed by atoms with E-state index in [1.54, 1.807) is 6.92 Å². The Labute approximate surface area is 126 Å². The van der Waals surface area contributed by atoms with Crippen molar-refractivity contribution in [3.8, 4) is 0 Å². The number of carbonyl (C=O) groups excluding carboxylic acids is 2. The van der Waals surface area contributed by atoms with E-state index in [4.69, 9.17) is 0 Å². The second-order valence-corrected chi connectivity index (χ2v) is 6.03. The van der Waals surface area contributed by atoms with Gasteiger partial charge in [-0.25, -0.2) is 9.18 Å². The summed E-state index contributed by atoms with van der Waals surface area (Å²) < 4.78 is 11.9. The van der Waals surface area contributed by atoms with Gasteiger partial charge in [0.15, 0.2) is 0 Å². The van der Waals surface area contributed by atoms with Crippen molar-refractivity contribution in [2.75, 3.05) is 19.8 Å². The lowest BCUT2D eigenvalue weighted by atomic mass is 9.81. The van der Waals surface area contributed by atoms with Gasteiger partial charge in [0.05, 0.1) is 0 Å². The Balaban J connectivity index is 2.14. The summed E-state index contributed by atoms with van der Waals surface area (Å²) in [5.41, 5.74) is 0. The third-order valence-corrected chi connectivity index (χ3v) is 4.02. The fourth-order valence-corrected chi connectivity index (χ4v) is 2.85. The maximum absolute atomic E-state index is 11.9. The standard InChI is InChI=1S/C15H28FN3O2/c1-11-4-3-5-13(10-11)6-8-18-15(21)19-12(2)14(20)17-9-7-16/h11-13H,3-10H2,1-2H3,(H,17,20)(H2,18,19,21)/t11-,12-,13+/m1/s1. The number of urea groups is 1. The van der Waals surface area contributed by atoms with E-state index in [1.165, 1.54) is 25.7 Å². The highest BCUT2D eigenvalue weighted by Gasteiger charge is 2.19. The quantitative estimate of drug-likeness (QED) is 0.673. The zero-order chi connectivity index (χ0) is 15.7. The molecule has 3 atom stereocenters. The van der Waals surface area contributed by atoms with Crippen LogP contribution in [-0.4, -0.2) is 37.7 Å². The number of rotatable bonds is 7. The molecule has 3 amide bonds. The van der Waals surface area contributed by atoms with Gasteiger partial charge in [0.1, 0.15) is 12.7 Å². The van der Waals surface area contributed by atoms with Crippen molar-refractivity contribution in [2.45, 2.75) is 52.0 Å². The molecule has 1 aliphatic rings. The number of hydrogen-bond donors (Lipinski definition) is 3. The van der Waals surface area contributed by atoms with Gasteiger partial charge in [0.25, 0.3) is 0 Å². The number of halogens is 1. The van der Waals surface area contributed by atoms with Gasteiger partial charge >= 0.3 is 6.03 Å². The molecule has 1 rings (SSSR count). The molecular formula is C15H28FN3O2. The zero-order valence-electron chi connectivity index (χ0n) is 13.1. The third kappa shape index (κ3) is 7.29. The monoisotopic (exact) mass is 301 g/mol. The number of carbonyl (C=O) groups is 2. The molecule has 0 unspecified atom stereocenters. The van der Waals surface area contributed by atoms with Crippen LogP contribution >= 0.6 is 0 Å². The lowest BCUT2D eigenvalue weighted by Crippen LogP contribution is -2.49. The van der Waals surface area contributed by atoms with E-state index in [2.05, 4.69) is 22.9 Å². The SMILES string of the molecule is C[C@@H]1CCC[C@@H](CCNC(=O)N[C@H](C)C(=O)NCCF)C1. The van der Waals surface area contributed by atoms with E-state index < -0.39 is 12.7 Å². The molecule has 0 aromatic heterocycles. The summed E-state index contributed by atoms with van der Waals surface area (Å²) >= 11 is 0. The van der Waals surface area contributed by atoms with Crippen LogP contribution in [0.25, 0.3) is 0 Å². The van der Waals surface area contributed by atoms with Gasteiger partial charge < -0.3 is 16.0 Å². The second-order valence-electron chi connectivity index (χ2n) is 6.03. The second kappa shape index (κ2) is 9.58. The van der Waals surface area contributed by atoms with Gasteiger partial charge in [0.2, 0.25) is 5.91 Å². The maximum atomic E-state index is 11.9. The van der Waals surface area contributed by atoms with E-state index >= 15 is 0 Å². The molecule has 21 heavy (non-hydrogen) atoms. The lowest BCUT2D eigenvalue weighted by Gasteiger charge is -2.26. The molecule has 6 heteroatoms. The normalized spacial score (nSPS) is 23.2. The average molecular weight is 301 g/mol. The highest BCUT2D eigenvalue weighted by atomic mass is 19.1. The predicted molar refractivity (Wildman–Crippen MR) is 80.7 cm³/mol. The van der Waals surface area contributed by atoms with Crippen LogP contribution in [0.3, 0.4) is 0 Å². The lowest BCUT2D eigenvalue weighted by molar-refractivity contribution is -0.122. The first-order valence-electron chi connectivity index (χ1n) is 7.91. The highest BCUT2D eigenvalue weighted by molar-refractivity contribution is 5.86. The molecule has 0 aromatic carbocycles. The van der Waals surface area contributed by atoms with Crippen molar-refractivity contribution >= 4 is 11.9 Å². The van der Waals surface area contributed by atoms with Crippen LogP contribution in [0.4, 0.5) is 9.18 Å². The summed E-state index contributed by atoms with van der Waals surface area (Å²) in [6.07, 6.45) is 6.07. The molecule has 1 aliphatic carbocycles. The van der Waals surface area contributed by atoms with Gasteiger partial charge in [-0.2, -0.15) is 0 Å². The first-order chi connectivity index (χ1) is 10.0. The van der Waals surface area contributed by atoms with Crippen molar-refractivity contribution in [1.29, 1.82) is 0 Å². The average Bonchev–Trinajstić information content (AvgIpc) is 2.44. The van der Waals surface area contributed by atoms with Crippen LogP contribution < -0.4 is 16.0 Å². The molecular weight excluding hydrogens is 273 g/mol. The molecule has 1 saturated carbocycles. The summed E-state index contributed by atoms with van der Waals surface area (Å²) in [6.45, 7) is 3.86. The molecule has 3 N–H and O–H groups in total. The van der Waals surface area contributed by atoms with Gasteiger partial charge in [-0.3, -0.25) is 4.79 Å². The van der Waals surface area contributed by atoms with Crippen molar-refractivity contribution in [3.63, 3.8) is 0 Å². The minimum absolute atomic E-state index is 0.0215. The van der Waals surface area contributed by atoms with Crippen molar-refractivity contribution in [3.05, 3.63) is 0 Å². The molecule has 5 nitrogen and oxygen atoms in total. The fourth-order valence-electron chi connectivity index (χ4n) is 2.85. The Morgan fingerprint density at radius 3 is 2.67 bits per heavy atom. The van der Waals surface area contributed by atoms with E-state index in [1.807, 2.05) is 0 Å². The van der Waals surface area contributed by atoms with Crippen LogP contribution in [-0.2, 0) is 4.79 Å². The largest absolute Gasteiger partial charge is 0.352 e. The number of nitrogens with one attached hydrogen (secondary N) is 3. The molecule has 122 valence electrons. The predicted octanol–water partition coefficient (Wildman–Crippen LogP) is 1.98. The molecule has 0 heterocycles. The van der Waals surface area contributed by atoms with Crippen molar-refractivity contribution in [1.82, 2.24) is 16.0 Å². The molecule has 1 fully saturated rings. The Hall–Kier alpha value is -1.33. The van der Waals surface area contributed by atoms with Gasteiger partial charge in [-0.15, -0.1) is 0 Å². The third-order valence-electron chi connectivity index (χ3n) is 4.02. The minimum Gasteiger partial charge on any atom is -0.352 e. The Morgan fingerprint density at radius 1 is 1.24 bits per heavy atom. The van der Waals surface area contributed by atoms with Crippen molar-refractivity contribution in [2.24, 2.45) is 11.8 Å².